The van der Waals surface area contributed by atoms with Crippen molar-refractivity contribution in [2.75, 3.05) is 6.61 Å². The van der Waals surface area contributed by atoms with Gasteiger partial charge in [0.15, 0.2) is 0 Å². The van der Waals surface area contributed by atoms with Gasteiger partial charge in [-0.25, -0.2) is 4.79 Å². The first-order valence-electron chi connectivity index (χ1n) is 5.88. The predicted octanol–water partition coefficient (Wildman–Crippen LogP) is 2.38. The zero-order chi connectivity index (χ0) is 11.1. The molecule has 0 aromatic carbocycles. The molecule has 0 spiro atoms. The van der Waals surface area contributed by atoms with Gasteiger partial charge in [0.25, 0.3) is 0 Å². The van der Waals surface area contributed by atoms with Gasteiger partial charge in [0.1, 0.15) is 5.70 Å². The number of carbonyl (C=O) groups is 1. The lowest BCUT2D eigenvalue weighted by atomic mass is 9.95. The van der Waals surface area contributed by atoms with Crippen LogP contribution in [0.25, 0.3) is 0 Å². The van der Waals surface area contributed by atoms with E-state index in [1.54, 1.807) is 6.08 Å². The lowest BCUT2D eigenvalue weighted by Gasteiger charge is -2.24. The summed E-state index contributed by atoms with van der Waals surface area (Å²) in [5.74, 6) is -0.231. The van der Waals surface area contributed by atoms with Crippen molar-refractivity contribution in [3.63, 3.8) is 0 Å². The zero-order valence-electron chi connectivity index (χ0n) is 9.71. The number of carbonyl (C=O) groups excluding carboxylic acids is 1. The van der Waals surface area contributed by atoms with Crippen LogP contribution in [0.3, 0.4) is 0 Å². The highest BCUT2D eigenvalue weighted by Gasteiger charge is 2.17. The summed E-state index contributed by atoms with van der Waals surface area (Å²) < 4.78 is 4.97. The highest BCUT2D eigenvalue weighted by molar-refractivity contribution is 5.87. The normalized spacial score (nSPS) is 18.7. The molecule has 0 bridgehead atoms. The number of rotatable bonds is 4. The number of hydrogen-bond acceptors (Lipinski definition) is 3. The van der Waals surface area contributed by atoms with Crippen LogP contribution in [0.15, 0.2) is 11.8 Å². The van der Waals surface area contributed by atoms with E-state index in [1.165, 1.54) is 19.3 Å². The maximum absolute atomic E-state index is 11.5. The second-order valence-electron chi connectivity index (χ2n) is 3.90. The summed E-state index contributed by atoms with van der Waals surface area (Å²) in [5.41, 5.74) is 0.615. The molecule has 1 N–H and O–H groups in total. The van der Waals surface area contributed by atoms with Crippen molar-refractivity contribution in [3.8, 4) is 0 Å². The number of hydrogen-bond donors (Lipinski definition) is 1. The first kappa shape index (κ1) is 12.1. The first-order valence-corrected chi connectivity index (χ1v) is 5.88. The van der Waals surface area contributed by atoms with Crippen molar-refractivity contribution in [2.45, 2.75) is 52.0 Å². The largest absolute Gasteiger partial charge is 0.461 e. The molecular formula is C12H21NO2. The molecule has 0 amide bonds. The Bertz CT molecular complexity index is 230. The highest BCUT2D eigenvalue weighted by atomic mass is 16.5. The van der Waals surface area contributed by atoms with Crippen LogP contribution in [0.5, 0.6) is 0 Å². The topological polar surface area (TPSA) is 38.3 Å². The van der Waals surface area contributed by atoms with Crippen molar-refractivity contribution in [1.29, 1.82) is 0 Å². The summed E-state index contributed by atoms with van der Waals surface area (Å²) in [7, 11) is 0. The van der Waals surface area contributed by atoms with Gasteiger partial charge in [-0.2, -0.15) is 0 Å². The Morgan fingerprint density at radius 3 is 2.60 bits per heavy atom. The Kier molecular flexibility index (Phi) is 5.22. The van der Waals surface area contributed by atoms with E-state index in [0.717, 1.165) is 12.8 Å². The highest BCUT2D eigenvalue weighted by Crippen LogP contribution is 2.18. The molecule has 0 heterocycles. The summed E-state index contributed by atoms with van der Waals surface area (Å²) >= 11 is 0. The molecule has 0 unspecified atom stereocenters. The average Bonchev–Trinajstić information content (AvgIpc) is 2.27. The summed E-state index contributed by atoms with van der Waals surface area (Å²) in [6, 6.07) is 0.453. The summed E-state index contributed by atoms with van der Waals surface area (Å²) in [6.45, 7) is 4.12. The first-order chi connectivity index (χ1) is 7.27. The van der Waals surface area contributed by atoms with Crippen molar-refractivity contribution in [1.82, 2.24) is 5.32 Å². The molecule has 0 atom stereocenters. The fourth-order valence-electron chi connectivity index (χ4n) is 1.94. The molecule has 1 fully saturated rings. The fourth-order valence-corrected chi connectivity index (χ4v) is 1.94. The molecule has 1 rings (SSSR count). The van der Waals surface area contributed by atoms with Gasteiger partial charge in [-0.3, -0.25) is 0 Å². The Hall–Kier alpha value is -0.990. The maximum atomic E-state index is 11.5. The van der Waals surface area contributed by atoms with E-state index in [2.05, 4.69) is 5.32 Å². The van der Waals surface area contributed by atoms with E-state index >= 15 is 0 Å². The summed E-state index contributed by atoms with van der Waals surface area (Å²) in [6.07, 6.45) is 7.97. The van der Waals surface area contributed by atoms with E-state index in [4.69, 9.17) is 4.74 Å². The van der Waals surface area contributed by atoms with Gasteiger partial charge in [0, 0.05) is 6.04 Å². The van der Waals surface area contributed by atoms with Gasteiger partial charge in [-0.05, 0) is 26.7 Å². The van der Waals surface area contributed by atoms with E-state index in [1.807, 2.05) is 13.8 Å². The Labute approximate surface area is 91.9 Å². The van der Waals surface area contributed by atoms with Crippen molar-refractivity contribution in [3.05, 3.63) is 11.8 Å². The van der Waals surface area contributed by atoms with E-state index in [-0.39, 0.29) is 5.97 Å². The molecule has 0 saturated heterocycles. The minimum atomic E-state index is -0.231. The Morgan fingerprint density at radius 1 is 1.40 bits per heavy atom. The fraction of sp³-hybridized carbons (Fsp3) is 0.750. The molecule has 0 aliphatic heterocycles. The van der Waals surface area contributed by atoms with Crippen LogP contribution in [0.2, 0.25) is 0 Å². The summed E-state index contributed by atoms with van der Waals surface area (Å²) in [4.78, 5) is 11.5. The second-order valence-corrected chi connectivity index (χ2v) is 3.90. The lowest BCUT2D eigenvalue weighted by Crippen LogP contribution is -2.34. The average molecular weight is 211 g/mol. The molecule has 1 aliphatic rings. The standard InChI is InChI=1S/C12H21NO2/c1-3-11(12(14)15-4-2)13-10-8-6-5-7-9-10/h3,10,13H,4-9H2,1-2H3/b11-3-. The van der Waals surface area contributed by atoms with Crippen LogP contribution in [-0.4, -0.2) is 18.6 Å². The molecule has 0 aromatic rings. The zero-order valence-corrected chi connectivity index (χ0v) is 9.71. The maximum Gasteiger partial charge on any atom is 0.354 e. The number of ether oxygens (including phenoxy) is 1. The van der Waals surface area contributed by atoms with E-state index < -0.39 is 0 Å². The monoisotopic (exact) mass is 211 g/mol. The van der Waals surface area contributed by atoms with Crippen LogP contribution < -0.4 is 5.32 Å². The minimum absolute atomic E-state index is 0.231. The molecular weight excluding hydrogens is 190 g/mol. The van der Waals surface area contributed by atoms with Gasteiger partial charge in [-0.15, -0.1) is 0 Å². The molecule has 1 aliphatic carbocycles. The molecule has 3 nitrogen and oxygen atoms in total. The molecule has 0 radical (unpaired) electrons. The van der Waals surface area contributed by atoms with Gasteiger partial charge in [0.05, 0.1) is 6.61 Å². The van der Waals surface area contributed by atoms with Crippen molar-refractivity contribution < 1.29 is 9.53 Å². The van der Waals surface area contributed by atoms with Crippen LogP contribution in [-0.2, 0) is 9.53 Å². The Morgan fingerprint density at radius 2 is 2.07 bits per heavy atom. The molecule has 1 saturated carbocycles. The van der Waals surface area contributed by atoms with Crippen LogP contribution >= 0.6 is 0 Å². The SMILES string of the molecule is C/C=C(\NC1CCCCC1)C(=O)OCC. The molecule has 15 heavy (non-hydrogen) atoms. The summed E-state index contributed by atoms with van der Waals surface area (Å²) in [5, 5.41) is 3.28. The third kappa shape index (κ3) is 3.94. The quantitative estimate of drug-likeness (QED) is 0.573. The van der Waals surface area contributed by atoms with Crippen LogP contribution in [0, 0.1) is 0 Å². The van der Waals surface area contributed by atoms with Crippen molar-refractivity contribution in [2.24, 2.45) is 0 Å². The second kappa shape index (κ2) is 6.49. The number of nitrogens with one attached hydrogen (secondary N) is 1. The Balaban J connectivity index is 2.42. The van der Waals surface area contributed by atoms with Gasteiger partial charge in [-0.1, -0.05) is 25.3 Å². The smallest absolute Gasteiger partial charge is 0.354 e. The van der Waals surface area contributed by atoms with Gasteiger partial charge >= 0.3 is 5.97 Å². The van der Waals surface area contributed by atoms with Crippen LogP contribution in [0.1, 0.15) is 46.0 Å². The van der Waals surface area contributed by atoms with Gasteiger partial charge < -0.3 is 10.1 Å². The molecule has 0 aromatic heterocycles. The lowest BCUT2D eigenvalue weighted by molar-refractivity contribution is -0.139. The third-order valence-electron chi connectivity index (χ3n) is 2.75. The van der Waals surface area contributed by atoms with Gasteiger partial charge in [0.2, 0.25) is 0 Å². The van der Waals surface area contributed by atoms with Crippen molar-refractivity contribution >= 4 is 5.97 Å². The third-order valence-corrected chi connectivity index (χ3v) is 2.75. The number of esters is 1. The van der Waals surface area contributed by atoms with E-state index in [0.29, 0.717) is 18.3 Å². The minimum Gasteiger partial charge on any atom is -0.461 e. The van der Waals surface area contributed by atoms with Crippen LogP contribution in [0.4, 0.5) is 0 Å². The molecule has 86 valence electrons. The molecule has 3 heteroatoms. The predicted molar refractivity (Wildman–Crippen MR) is 60.4 cm³/mol. The number of allylic oxidation sites excluding steroid dienone is 1. The van der Waals surface area contributed by atoms with E-state index in [9.17, 15) is 4.79 Å².